The van der Waals surface area contributed by atoms with Crippen LogP contribution in [0.1, 0.15) is 43.0 Å². The summed E-state index contributed by atoms with van der Waals surface area (Å²) in [5, 5.41) is 16.7. The summed E-state index contributed by atoms with van der Waals surface area (Å²) in [4.78, 5) is 4.74. The molecule has 0 spiro atoms. The van der Waals surface area contributed by atoms with Gasteiger partial charge in [0.25, 0.3) is 0 Å². The predicted molar refractivity (Wildman–Crippen MR) is 319 cm³/mol. The number of benzene rings is 12. The van der Waals surface area contributed by atoms with Gasteiger partial charge in [-0.05, 0) is 174 Å². The Morgan fingerprint density at radius 3 is 1.17 bits per heavy atom. The van der Waals surface area contributed by atoms with E-state index in [2.05, 4.69) is 278 Å². The molecule has 12 aromatic rings. The summed E-state index contributed by atoms with van der Waals surface area (Å²) in [5.74, 6) is 0. The van der Waals surface area contributed by atoms with Crippen LogP contribution in [0.4, 0.5) is 34.1 Å². The van der Waals surface area contributed by atoms with Gasteiger partial charge >= 0.3 is 0 Å². The Morgan fingerprint density at radius 1 is 0.276 bits per heavy atom. The van der Waals surface area contributed by atoms with Crippen LogP contribution in [-0.2, 0) is 11.0 Å². The molecule has 0 aliphatic heterocycles. The van der Waals surface area contributed by atoms with E-state index < -0.39 is 5.60 Å². The lowest BCUT2D eigenvalue weighted by Crippen LogP contribution is -2.19. The molecule has 14 rings (SSSR count). The number of aliphatic hydroxyl groups is 1. The number of hydrogen-bond acceptors (Lipinski definition) is 3. The second-order valence-corrected chi connectivity index (χ2v) is 21.2. The molecule has 0 aromatic heterocycles. The van der Waals surface area contributed by atoms with Crippen LogP contribution in [0, 0.1) is 0 Å². The van der Waals surface area contributed by atoms with Crippen molar-refractivity contribution in [3.63, 3.8) is 0 Å². The van der Waals surface area contributed by atoms with Gasteiger partial charge < -0.3 is 14.9 Å². The van der Waals surface area contributed by atoms with Crippen molar-refractivity contribution in [2.45, 2.75) is 31.8 Å². The van der Waals surface area contributed by atoms with Gasteiger partial charge in [-0.2, -0.15) is 0 Å². The first kappa shape index (κ1) is 45.3. The van der Waals surface area contributed by atoms with Crippen molar-refractivity contribution in [2.24, 2.45) is 0 Å². The molecule has 12 aromatic carbocycles. The molecule has 2 aliphatic rings. The molecule has 0 fully saturated rings. The molecular weight excluding hydrogens is 921 g/mol. The van der Waals surface area contributed by atoms with Crippen LogP contribution in [0.25, 0.3) is 77.2 Å². The van der Waals surface area contributed by atoms with Gasteiger partial charge in [-0.15, -0.1) is 0 Å². The lowest BCUT2D eigenvalue weighted by atomic mass is 9.80. The Hall–Kier alpha value is -9.28. The molecule has 362 valence electrons. The van der Waals surface area contributed by atoms with Gasteiger partial charge in [0.05, 0.1) is 0 Å². The molecule has 1 atom stereocenters. The van der Waals surface area contributed by atoms with E-state index in [1.807, 2.05) is 19.1 Å². The summed E-state index contributed by atoms with van der Waals surface area (Å²) in [7, 11) is 0. The summed E-state index contributed by atoms with van der Waals surface area (Å²) in [5.41, 5.74) is 21.7. The largest absolute Gasteiger partial charge is 0.381 e. The maximum absolute atomic E-state index is 12.1. The van der Waals surface area contributed by atoms with Gasteiger partial charge in [0, 0.05) is 45.1 Å². The molecule has 2 aliphatic carbocycles. The fourth-order valence-electron chi connectivity index (χ4n) is 12.6. The van der Waals surface area contributed by atoms with E-state index >= 15 is 0 Å². The number of fused-ring (bicyclic) bond motifs is 10. The molecule has 76 heavy (non-hydrogen) atoms. The molecule has 0 saturated heterocycles. The van der Waals surface area contributed by atoms with E-state index in [9.17, 15) is 5.11 Å². The molecule has 0 bridgehead atoms. The topological polar surface area (TPSA) is 26.7 Å². The molecule has 1 N–H and O–H groups in total. The first-order valence-electron chi connectivity index (χ1n) is 26.4. The summed E-state index contributed by atoms with van der Waals surface area (Å²) < 4.78 is 0. The molecule has 1 unspecified atom stereocenters. The fraction of sp³-hybridized carbons (Fsp3) is 0.0685. The predicted octanol–water partition coefficient (Wildman–Crippen LogP) is 19.5. The third-order valence-electron chi connectivity index (χ3n) is 16.3. The maximum Gasteiger partial charge on any atom is 0.114 e. The van der Waals surface area contributed by atoms with Crippen molar-refractivity contribution in [1.82, 2.24) is 0 Å². The Kier molecular flexibility index (Phi) is 10.6. The number of nitrogens with zero attached hydrogens (tertiary/aromatic N) is 2. The summed E-state index contributed by atoms with van der Waals surface area (Å²) in [6.45, 7) is 6.66. The molecular formula is C73H54N2O. The monoisotopic (exact) mass is 974 g/mol. The van der Waals surface area contributed by atoms with Gasteiger partial charge in [0.15, 0.2) is 0 Å². The Morgan fingerprint density at radius 2 is 0.658 bits per heavy atom. The van der Waals surface area contributed by atoms with E-state index in [1.165, 1.54) is 49.7 Å². The second kappa shape index (κ2) is 17.7. The highest BCUT2D eigenvalue weighted by Gasteiger charge is 2.39. The first-order chi connectivity index (χ1) is 37.2. The minimum absolute atomic E-state index is 0.106. The first-order valence-corrected chi connectivity index (χ1v) is 26.4. The van der Waals surface area contributed by atoms with Crippen molar-refractivity contribution in [1.29, 1.82) is 0 Å². The lowest BCUT2D eigenvalue weighted by molar-refractivity contribution is 0.109. The number of rotatable bonds is 9. The number of anilines is 6. The Balaban J connectivity index is 0.836. The van der Waals surface area contributed by atoms with Crippen molar-refractivity contribution in [2.75, 3.05) is 9.80 Å². The van der Waals surface area contributed by atoms with Gasteiger partial charge in [-0.1, -0.05) is 208 Å². The highest BCUT2D eigenvalue weighted by atomic mass is 16.3. The van der Waals surface area contributed by atoms with Crippen LogP contribution in [0.5, 0.6) is 0 Å². The average Bonchev–Trinajstić information content (AvgIpc) is 4.04. The lowest BCUT2D eigenvalue weighted by Gasteiger charge is -2.28. The van der Waals surface area contributed by atoms with Crippen LogP contribution in [0.3, 0.4) is 0 Å². The molecule has 3 heteroatoms. The van der Waals surface area contributed by atoms with Crippen molar-refractivity contribution < 1.29 is 5.11 Å². The second-order valence-electron chi connectivity index (χ2n) is 21.2. The molecule has 0 amide bonds. The molecule has 3 nitrogen and oxygen atoms in total. The highest BCUT2D eigenvalue weighted by molar-refractivity contribution is 6.01. The smallest absolute Gasteiger partial charge is 0.114 e. The van der Waals surface area contributed by atoms with Crippen LogP contribution < -0.4 is 9.80 Å². The number of hydrogen-bond donors (Lipinski definition) is 1. The maximum atomic E-state index is 12.1. The zero-order valence-corrected chi connectivity index (χ0v) is 42.7. The van der Waals surface area contributed by atoms with Crippen LogP contribution in [0.15, 0.2) is 267 Å². The Bertz CT molecular complexity index is 3940. The average molecular weight is 975 g/mol. The van der Waals surface area contributed by atoms with Crippen LogP contribution in [-0.4, -0.2) is 5.11 Å². The van der Waals surface area contributed by atoms with Crippen molar-refractivity contribution >= 4 is 55.7 Å². The normalized spacial score (nSPS) is 14.7. The SMILES string of the molecule is CC1(C)c2ccccc2-c2ccc3cc(N(c4ccc(-c5ccc(N(c6cccc(-c7ccccc7)c6)c6ccc7c8c(ccc7c6)-c6ccccc6C8(C)O)cc5)cc4)c4cccc(-c5ccccc5)c4)ccc3c21. The van der Waals surface area contributed by atoms with E-state index in [0.717, 1.165) is 83.8 Å². The highest BCUT2D eigenvalue weighted by Crippen LogP contribution is 2.53. The third-order valence-corrected chi connectivity index (χ3v) is 16.3. The zero-order chi connectivity index (χ0) is 51.1. The van der Waals surface area contributed by atoms with Gasteiger partial charge in [0.1, 0.15) is 5.60 Å². The molecule has 0 saturated carbocycles. The van der Waals surface area contributed by atoms with Gasteiger partial charge in [-0.3, -0.25) is 0 Å². The van der Waals surface area contributed by atoms with Crippen LogP contribution in [0.2, 0.25) is 0 Å². The summed E-state index contributed by atoms with van der Waals surface area (Å²) in [6.07, 6.45) is 0. The molecule has 0 heterocycles. The Labute approximate surface area is 444 Å². The standard InChI is InChI=1S/C73H54N2O/c1-72(2)68-26-12-10-24-64(68)66-40-32-54-46-60(38-42-62(54)70(66)72)74(58-22-14-20-52(44-58)48-16-6-4-7-17-48)56-34-28-50(29-35-56)51-30-36-57(37-31-51)75(59-23-15-21-53(45-59)49-18-8-5-9-19-49)61-39-43-63-55(47-61)33-41-67-65-25-11-13-27-69(65)73(3,76)71(63)67/h4-47,76H,1-3H3. The minimum atomic E-state index is -1.10. The van der Waals surface area contributed by atoms with Crippen molar-refractivity contribution in [3.05, 3.63) is 289 Å². The van der Waals surface area contributed by atoms with Crippen LogP contribution >= 0.6 is 0 Å². The van der Waals surface area contributed by atoms with E-state index in [4.69, 9.17) is 0 Å². The molecule has 0 radical (unpaired) electrons. The van der Waals surface area contributed by atoms with E-state index in [0.29, 0.717) is 0 Å². The van der Waals surface area contributed by atoms with E-state index in [-0.39, 0.29) is 5.41 Å². The minimum Gasteiger partial charge on any atom is -0.381 e. The third kappa shape index (κ3) is 7.38. The van der Waals surface area contributed by atoms with Gasteiger partial charge in [0.2, 0.25) is 0 Å². The summed E-state index contributed by atoms with van der Waals surface area (Å²) in [6, 6.07) is 96.7. The summed E-state index contributed by atoms with van der Waals surface area (Å²) >= 11 is 0. The van der Waals surface area contributed by atoms with Gasteiger partial charge in [-0.25, -0.2) is 0 Å². The van der Waals surface area contributed by atoms with E-state index in [1.54, 1.807) is 0 Å². The fourth-order valence-corrected chi connectivity index (χ4v) is 12.6. The quantitative estimate of drug-likeness (QED) is 0.156. The zero-order valence-electron chi connectivity index (χ0n) is 42.7. The van der Waals surface area contributed by atoms with Crippen molar-refractivity contribution in [3.8, 4) is 55.6 Å².